The Kier molecular flexibility index (Phi) is 7.28. The van der Waals surface area contributed by atoms with Crippen molar-refractivity contribution in [2.45, 2.75) is 37.8 Å². The van der Waals surface area contributed by atoms with Crippen LogP contribution in [-0.4, -0.2) is 69.1 Å². The summed E-state index contributed by atoms with van der Waals surface area (Å²) in [5.74, 6) is -0.451. The van der Waals surface area contributed by atoms with Crippen LogP contribution in [0.25, 0.3) is 0 Å². The van der Waals surface area contributed by atoms with E-state index in [0.717, 1.165) is 25.7 Å². The summed E-state index contributed by atoms with van der Waals surface area (Å²) in [5.41, 5.74) is 0.796. The number of phenols is 2. The summed E-state index contributed by atoms with van der Waals surface area (Å²) in [5, 5.41) is 57.7. The Morgan fingerprint density at radius 1 is 0.700 bits per heavy atom. The first-order valence-corrected chi connectivity index (χ1v) is 9.81. The molecule has 10 heteroatoms. The lowest BCUT2D eigenvalue weighted by molar-refractivity contribution is 0.390. The number of rotatable bonds is 6. The normalized spacial score (nSPS) is 19.5. The largest absolute Gasteiger partial charge is 0.508 e. The zero-order valence-corrected chi connectivity index (χ0v) is 16.3. The summed E-state index contributed by atoms with van der Waals surface area (Å²) < 4.78 is 0. The van der Waals surface area contributed by atoms with Crippen LogP contribution in [-0.2, 0) is 0 Å². The van der Waals surface area contributed by atoms with Crippen LogP contribution in [0.4, 0.5) is 0 Å². The number of nitrogens with zero attached hydrogens (tertiary/aromatic N) is 2. The Balaban J connectivity index is 1.80. The Hall–Kier alpha value is -2.65. The molecule has 156 valence electrons. The molecule has 8 nitrogen and oxygen atoms in total. The molecule has 1 aliphatic rings. The molecule has 0 unspecified atom stereocenters. The van der Waals surface area contributed by atoms with Gasteiger partial charge in [-0.1, -0.05) is 37.1 Å². The van der Waals surface area contributed by atoms with Gasteiger partial charge in [-0.25, -0.2) is 0 Å². The van der Waals surface area contributed by atoms with Crippen molar-refractivity contribution in [3.8, 4) is 11.5 Å². The zero-order valence-electron chi connectivity index (χ0n) is 16.3. The first-order chi connectivity index (χ1) is 14.4. The lowest BCUT2D eigenvalue weighted by Gasteiger charge is -2.25. The fourth-order valence-electron chi connectivity index (χ4n) is 3.58. The molecular formula is C20H24B2N2O6. The van der Waals surface area contributed by atoms with Gasteiger partial charge in [-0.05, 0) is 25.0 Å². The van der Waals surface area contributed by atoms with Crippen LogP contribution in [0.15, 0.2) is 46.4 Å². The number of phenolic OH excluding ortho intramolecular Hbond substituents is 2. The molecule has 2 aromatic rings. The molecule has 30 heavy (non-hydrogen) atoms. The minimum Gasteiger partial charge on any atom is -0.508 e. The van der Waals surface area contributed by atoms with Crippen LogP contribution < -0.4 is 10.9 Å². The first kappa shape index (κ1) is 22.0. The molecule has 0 aromatic heterocycles. The highest BCUT2D eigenvalue weighted by molar-refractivity contribution is 6.60. The monoisotopic (exact) mass is 410 g/mol. The topological polar surface area (TPSA) is 146 Å². The van der Waals surface area contributed by atoms with Gasteiger partial charge in [-0.15, -0.1) is 0 Å². The second kappa shape index (κ2) is 9.90. The van der Waals surface area contributed by atoms with Crippen LogP contribution in [0, 0.1) is 0 Å². The van der Waals surface area contributed by atoms with Crippen molar-refractivity contribution in [2.24, 2.45) is 9.98 Å². The Morgan fingerprint density at radius 2 is 1.10 bits per heavy atom. The van der Waals surface area contributed by atoms with Gasteiger partial charge in [0.2, 0.25) is 0 Å². The summed E-state index contributed by atoms with van der Waals surface area (Å²) in [6.45, 7) is 0. The smallest absolute Gasteiger partial charge is 0.492 e. The molecule has 1 saturated carbocycles. The predicted molar refractivity (Wildman–Crippen MR) is 117 cm³/mol. The van der Waals surface area contributed by atoms with Crippen molar-refractivity contribution < 1.29 is 30.3 Å². The van der Waals surface area contributed by atoms with Crippen LogP contribution in [0.3, 0.4) is 0 Å². The lowest BCUT2D eigenvalue weighted by Crippen LogP contribution is -2.31. The molecule has 1 fully saturated rings. The van der Waals surface area contributed by atoms with Crippen molar-refractivity contribution in [3.05, 3.63) is 47.5 Å². The molecule has 0 radical (unpaired) electrons. The fraction of sp³-hybridized carbons (Fsp3) is 0.300. The second-order valence-electron chi connectivity index (χ2n) is 7.29. The molecule has 6 N–H and O–H groups in total. The maximum Gasteiger partial charge on any atom is 0.492 e. The van der Waals surface area contributed by atoms with E-state index < -0.39 is 14.2 Å². The third-order valence-electron chi connectivity index (χ3n) is 5.26. The first-order valence-electron chi connectivity index (χ1n) is 9.81. The zero-order chi connectivity index (χ0) is 21.7. The number of benzene rings is 2. The van der Waals surface area contributed by atoms with Crippen LogP contribution >= 0.6 is 0 Å². The number of hydrogen-bond acceptors (Lipinski definition) is 8. The van der Waals surface area contributed by atoms with Gasteiger partial charge in [0.25, 0.3) is 0 Å². The molecule has 2 aromatic carbocycles. The number of hydrogen-bond donors (Lipinski definition) is 6. The molecule has 0 saturated heterocycles. The summed E-state index contributed by atoms with van der Waals surface area (Å²) >= 11 is 0. The molecule has 0 aliphatic heterocycles. The van der Waals surface area contributed by atoms with Crippen molar-refractivity contribution in [1.82, 2.24) is 0 Å². The Bertz CT molecular complexity index is 860. The summed E-state index contributed by atoms with van der Waals surface area (Å²) in [6.07, 6.45) is 6.63. The molecule has 0 heterocycles. The lowest BCUT2D eigenvalue weighted by atomic mass is 9.78. The Labute approximate surface area is 175 Å². The maximum absolute atomic E-state index is 10.2. The predicted octanol–water partition coefficient (Wildman–Crippen LogP) is -0.693. The summed E-state index contributed by atoms with van der Waals surface area (Å²) in [4.78, 5) is 9.14. The van der Waals surface area contributed by atoms with E-state index >= 15 is 0 Å². The molecule has 2 atom stereocenters. The van der Waals surface area contributed by atoms with E-state index in [1.807, 2.05) is 0 Å². The third-order valence-corrected chi connectivity index (χ3v) is 5.26. The van der Waals surface area contributed by atoms with Gasteiger partial charge in [-0.3, -0.25) is 9.98 Å². The number of para-hydroxylation sites is 2. The highest BCUT2D eigenvalue weighted by Crippen LogP contribution is 2.25. The van der Waals surface area contributed by atoms with E-state index in [4.69, 9.17) is 0 Å². The summed E-state index contributed by atoms with van der Waals surface area (Å²) in [7, 11) is -3.54. The SMILES string of the molecule is OB(O)c1cccc(C=N[C@H]2CCCC[C@@H]2N=Cc2cccc(B(O)O)c2O)c1O. The molecule has 0 spiro atoms. The second-order valence-corrected chi connectivity index (χ2v) is 7.29. The molecule has 1 aliphatic carbocycles. The van der Waals surface area contributed by atoms with Crippen molar-refractivity contribution in [1.29, 1.82) is 0 Å². The molecule has 3 rings (SSSR count). The van der Waals surface area contributed by atoms with E-state index in [1.165, 1.54) is 24.6 Å². The highest BCUT2D eigenvalue weighted by atomic mass is 16.4. The number of aromatic hydroxyl groups is 2. The van der Waals surface area contributed by atoms with Crippen molar-refractivity contribution in [2.75, 3.05) is 0 Å². The van der Waals surface area contributed by atoms with Crippen LogP contribution in [0.2, 0.25) is 0 Å². The van der Waals surface area contributed by atoms with Gasteiger partial charge >= 0.3 is 14.2 Å². The standard InChI is InChI=1S/C20H24B2N2O6/c25-19-13(5-3-7-15(19)21(27)28)11-23-17-9-1-2-10-18(17)24-12-14-6-4-8-16(20(14)26)22(29)30/h3-8,11-12,17-18,25-30H,1-2,9-10H2/t17-,18-/m0/s1. The average molecular weight is 410 g/mol. The number of aliphatic imine (C=N–C) groups is 2. The van der Waals surface area contributed by atoms with Crippen molar-refractivity contribution >= 4 is 37.6 Å². The van der Waals surface area contributed by atoms with E-state index in [-0.39, 0.29) is 34.5 Å². The van der Waals surface area contributed by atoms with Gasteiger partial charge < -0.3 is 30.3 Å². The fourth-order valence-corrected chi connectivity index (χ4v) is 3.58. The maximum atomic E-state index is 10.2. The van der Waals surface area contributed by atoms with Crippen LogP contribution in [0.1, 0.15) is 36.8 Å². The quantitative estimate of drug-likeness (QED) is 0.275. The van der Waals surface area contributed by atoms with E-state index in [0.29, 0.717) is 11.1 Å². The van der Waals surface area contributed by atoms with Gasteiger partial charge in [-0.2, -0.15) is 0 Å². The molecule has 0 amide bonds. The Morgan fingerprint density at radius 3 is 1.47 bits per heavy atom. The van der Waals surface area contributed by atoms with E-state index in [2.05, 4.69) is 9.98 Å². The molecular weight excluding hydrogens is 386 g/mol. The van der Waals surface area contributed by atoms with Crippen LogP contribution in [0.5, 0.6) is 11.5 Å². The van der Waals surface area contributed by atoms with Gasteiger partial charge in [0.1, 0.15) is 11.5 Å². The minimum absolute atomic E-state index is 0.0126. The summed E-state index contributed by atoms with van der Waals surface area (Å²) in [6, 6.07) is 9.07. The van der Waals surface area contributed by atoms with Gasteiger partial charge in [0, 0.05) is 34.5 Å². The van der Waals surface area contributed by atoms with Gasteiger partial charge in [0.15, 0.2) is 0 Å². The average Bonchev–Trinajstić information content (AvgIpc) is 2.72. The highest BCUT2D eigenvalue weighted by Gasteiger charge is 2.24. The van der Waals surface area contributed by atoms with E-state index in [1.54, 1.807) is 24.3 Å². The van der Waals surface area contributed by atoms with E-state index in [9.17, 15) is 30.3 Å². The minimum atomic E-state index is -1.77. The third kappa shape index (κ3) is 5.09. The van der Waals surface area contributed by atoms with Crippen molar-refractivity contribution in [3.63, 3.8) is 0 Å². The van der Waals surface area contributed by atoms with Gasteiger partial charge in [0.05, 0.1) is 12.1 Å². The molecule has 0 bridgehead atoms.